The van der Waals surface area contributed by atoms with Crippen molar-refractivity contribution < 1.29 is 18.0 Å². The Hall–Kier alpha value is -3.96. The van der Waals surface area contributed by atoms with Crippen LogP contribution in [0.25, 0.3) is 0 Å². The van der Waals surface area contributed by atoms with E-state index in [1.807, 2.05) is 60.7 Å². The van der Waals surface area contributed by atoms with Gasteiger partial charge in [-0.05, 0) is 41.9 Å². The predicted octanol–water partition coefficient (Wildman–Crippen LogP) is 5.15. The Morgan fingerprint density at radius 2 is 1.49 bits per heavy atom. The number of rotatable bonds is 11. The number of sulfone groups is 1. The highest BCUT2D eigenvalue weighted by atomic mass is 32.2. The fraction of sp³-hybridized carbons (Fsp3) is 0.364. The predicted molar refractivity (Wildman–Crippen MR) is 159 cm³/mol. The summed E-state index contributed by atoms with van der Waals surface area (Å²) < 4.78 is 25.5. The normalized spacial score (nSPS) is 16.8. The zero-order chi connectivity index (χ0) is 29.5. The maximum absolute atomic E-state index is 13.6. The highest BCUT2D eigenvalue weighted by Gasteiger charge is 2.48. The van der Waals surface area contributed by atoms with Gasteiger partial charge in [-0.2, -0.15) is 5.26 Å². The Balaban J connectivity index is 1.44. The minimum Gasteiger partial charge on any atom is -0.343 e. The van der Waals surface area contributed by atoms with Crippen molar-refractivity contribution in [1.29, 1.82) is 5.26 Å². The van der Waals surface area contributed by atoms with Crippen molar-refractivity contribution in [1.82, 2.24) is 10.2 Å². The van der Waals surface area contributed by atoms with Crippen LogP contribution in [0.2, 0.25) is 0 Å². The Kier molecular flexibility index (Phi) is 9.61. The zero-order valence-electron chi connectivity index (χ0n) is 23.6. The number of hydrogen-bond donors (Lipinski definition) is 1. The van der Waals surface area contributed by atoms with E-state index in [1.54, 1.807) is 49.1 Å². The molecule has 0 saturated carbocycles. The molecular weight excluding hydrogens is 534 g/mol. The molecule has 1 unspecified atom stereocenters. The monoisotopic (exact) mass is 571 g/mol. The molecule has 1 aliphatic heterocycles. The lowest BCUT2D eigenvalue weighted by Crippen LogP contribution is -2.47. The molecule has 3 aromatic rings. The van der Waals surface area contributed by atoms with Gasteiger partial charge in [-0.3, -0.25) is 9.59 Å². The van der Waals surface area contributed by atoms with Crippen LogP contribution in [0.5, 0.6) is 0 Å². The van der Waals surface area contributed by atoms with Gasteiger partial charge in [0.05, 0.1) is 17.9 Å². The van der Waals surface area contributed by atoms with Crippen LogP contribution >= 0.6 is 0 Å². The van der Waals surface area contributed by atoms with Crippen LogP contribution in [0.15, 0.2) is 91.0 Å². The van der Waals surface area contributed by atoms with Crippen molar-refractivity contribution >= 4 is 21.7 Å². The van der Waals surface area contributed by atoms with Crippen LogP contribution in [0.4, 0.5) is 0 Å². The van der Waals surface area contributed by atoms with Crippen LogP contribution in [0.3, 0.4) is 0 Å². The first-order valence-electron chi connectivity index (χ1n) is 14.1. The second kappa shape index (κ2) is 13.1. The highest BCUT2D eigenvalue weighted by molar-refractivity contribution is 7.92. The molecule has 0 aromatic heterocycles. The number of likely N-dealkylation sites (tertiary alicyclic amines) is 1. The molecule has 214 valence electrons. The van der Waals surface area contributed by atoms with Crippen molar-refractivity contribution in [3.8, 4) is 6.07 Å². The summed E-state index contributed by atoms with van der Waals surface area (Å²) in [5.74, 6) is -1.26. The Morgan fingerprint density at radius 3 is 2.00 bits per heavy atom. The quantitative estimate of drug-likeness (QED) is 0.342. The number of nitrogens with zero attached hydrogens (tertiary/aromatic N) is 2. The SMILES string of the molecule is CC(C)C(C#N)(c1ccccc1)S(=O)(=O)CCCC(=O)N1CCC[C@@H]1C(=O)NC(c1ccccc1)c1ccccc1. The van der Waals surface area contributed by atoms with Crippen molar-refractivity contribution in [3.63, 3.8) is 0 Å². The maximum atomic E-state index is 13.6. The minimum absolute atomic E-state index is 0.0157. The molecule has 4 rings (SSSR count). The van der Waals surface area contributed by atoms with E-state index in [-0.39, 0.29) is 36.5 Å². The summed E-state index contributed by atoms with van der Waals surface area (Å²) in [4.78, 5) is 28.4. The molecule has 1 N–H and O–H groups in total. The van der Waals surface area contributed by atoms with E-state index < -0.39 is 26.5 Å². The average molecular weight is 572 g/mol. The van der Waals surface area contributed by atoms with E-state index in [0.29, 0.717) is 24.9 Å². The molecule has 0 radical (unpaired) electrons. The van der Waals surface area contributed by atoms with Crippen LogP contribution in [-0.4, -0.2) is 43.5 Å². The van der Waals surface area contributed by atoms with Crippen LogP contribution in [0.1, 0.15) is 62.3 Å². The summed E-state index contributed by atoms with van der Waals surface area (Å²) in [7, 11) is -3.92. The summed E-state index contributed by atoms with van der Waals surface area (Å²) in [6.45, 7) is 3.90. The lowest BCUT2D eigenvalue weighted by molar-refractivity contribution is -0.138. The lowest BCUT2D eigenvalue weighted by Gasteiger charge is -2.31. The van der Waals surface area contributed by atoms with Gasteiger partial charge in [0.2, 0.25) is 11.8 Å². The smallest absolute Gasteiger partial charge is 0.243 e. The fourth-order valence-corrected chi connectivity index (χ4v) is 7.96. The van der Waals surface area contributed by atoms with Gasteiger partial charge >= 0.3 is 0 Å². The average Bonchev–Trinajstić information content (AvgIpc) is 3.48. The Labute approximate surface area is 243 Å². The van der Waals surface area contributed by atoms with Crippen molar-refractivity contribution in [2.45, 2.75) is 56.4 Å². The van der Waals surface area contributed by atoms with E-state index in [0.717, 1.165) is 11.1 Å². The topological polar surface area (TPSA) is 107 Å². The minimum atomic E-state index is -3.92. The standard InChI is InChI=1S/C33H37N3O4S/c1-25(2)33(24-34,28-18-10-5-11-19-28)41(39,40)23-13-21-30(37)36-22-12-20-29(36)32(38)35-31(26-14-6-3-7-15-26)27-16-8-4-9-17-27/h3-11,14-19,25,29,31H,12-13,20-23H2,1-2H3,(H,35,38)/t29-,33?/m1/s1. The molecule has 1 saturated heterocycles. The van der Waals surface area contributed by atoms with Crippen LogP contribution in [-0.2, 0) is 24.2 Å². The molecule has 8 heteroatoms. The van der Waals surface area contributed by atoms with Gasteiger partial charge in [-0.15, -0.1) is 0 Å². The van der Waals surface area contributed by atoms with Gasteiger partial charge < -0.3 is 10.2 Å². The summed E-state index contributed by atoms with van der Waals surface area (Å²) in [5.41, 5.74) is 2.32. The molecule has 0 aliphatic carbocycles. The number of nitriles is 1. The molecule has 7 nitrogen and oxygen atoms in total. The Morgan fingerprint density at radius 1 is 0.951 bits per heavy atom. The first-order valence-corrected chi connectivity index (χ1v) is 15.8. The van der Waals surface area contributed by atoms with Crippen LogP contribution in [0, 0.1) is 17.2 Å². The molecule has 41 heavy (non-hydrogen) atoms. The molecule has 1 fully saturated rings. The van der Waals surface area contributed by atoms with Gasteiger partial charge in [0.15, 0.2) is 14.6 Å². The number of benzene rings is 3. The number of carbonyl (C=O) groups is 2. The molecular formula is C33H37N3O4S. The third kappa shape index (κ3) is 6.36. The molecule has 3 aromatic carbocycles. The molecule has 1 aliphatic rings. The fourth-order valence-electron chi connectivity index (χ4n) is 5.77. The van der Waals surface area contributed by atoms with E-state index in [4.69, 9.17) is 0 Å². The summed E-state index contributed by atoms with van der Waals surface area (Å²) in [6.07, 6.45) is 1.30. The number of nitrogens with one attached hydrogen (secondary N) is 1. The summed E-state index contributed by atoms with van der Waals surface area (Å²) in [5, 5.41) is 13.3. The molecule has 0 spiro atoms. The van der Waals surface area contributed by atoms with E-state index >= 15 is 0 Å². The highest BCUT2D eigenvalue weighted by Crippen LogP contribution is 2.38. The van der Waals surface area contributed by atoms with Gasteiger partial charge in [0.25, 0.3) is 0 Å². The molecule has 2 atom stereocenters. The van der Waals surface area contributed by atoms with Crippen molar-refractivity contribution in [2.75, 3.05) is 12.3 Å². The number of carbonyl (C=O) groups excluding carboxylic acids is 2. The lowest BCUT2D eigenvalue weighted by atomic mass is 9.89. The van der Waals surface area contributed by atoms with Crippen LogP contribution < -0.4 is 5.32 Å². The maximum Gasteiger partial charge on any atom is 0.243 e. The molecule has 0 bridgehead atoms. The molecule has 1 heterocycles. The van der Waals surface area contributed by atoms with Gasteiger partial charge in [-0.25, -0.2) is 8.42 Å². The second-order valence-corrected chi connectivity index (χ2v) is 13.1. The zero-order valence-corrected chi connectivity index (χ0v) is 24.4. The van der Waals surface area contributed by atoms with Crippen molar-refractivity contribution in [2.24, 2.45) is 5.92 Å². The summed E-state index contributed by atoms with van der Waals surface area (Å²) >= 11 is 0. The van der Waals surface area contributed by atoms with Gasteiger partial charge in [-0.1, -0.05) is 105 Å². The van der Waals surface area contributed by atoms with E-state index in [2.05, 4.69) is 11.4 Å². The van der Waals surface area contributed by atoms with E-state index in [1.165, 1.54) is 0 Å². The van der Waals surface area contributed by atoms with Gasteiger partial charge in [0, 0.05) is 13.0 Å². The molecule has 2 amide bonds. The second-order valence-electron chi connectivity index (χ2n) is 10.8. The number of hydrogen-bond acceptors (Lipinski definition) is 5. The first-order chi connectivity index (χ1) is 19.7. The third-order valence-electron chi connectivity index (χ3n) is 7.90. The van der Waals surface area contributed by atoms with E-state index in [9.17, 15) is 23.3 Å². The van der Waals surface area contributed by atoms with Gasteiger partial charge in [0.1, 0.15) is 6.04 Å². The Bertz CT molecular complexity index is 1430. The number of amides is 2. The largest absolute Gasteiger partial charge is 0.343 e. The third-order valence-corrected chi connectivity index (χ3v) is 10.5. The summed E-state index contributed by atoms with van der Waals surface area (Å²) in [6, 6.07) is 29.1. The van der Waals surface area contributed by atoms with Crippen molar-refractivity contribution in [3.05, 3.63) is 108 Å². The first kappa shape index (κ1) is 30.0.